The summed E-state index contributed by atoms with van der Waals surface area (Å²) < 4.78 is 41.4. The summed E-state index contributed by atoms with van der Waals surface area (Å²) in [6, 6.07) is 8.89. The van der Waals surface area contributed by atoms with Crippen LogP contribution in [0.4, 0.5) is 15.8 Å². The number of nitrogens with zero attached hydrogens (tertiary/aromatic N) is 1. The van der Waals surface area contributed by atoms with Gasteiger partial charge in [0.05, 0.1) is 10.6 Å². The Morgan fingerprint density at radius 3 is 2.61 bits per heavy atom. The number of amides is 1. The summed E-state index contributed by atoms with van der Waals surface area (Å²) >= 11 is 0. The fraction of sp³-hybridized carbons (Fsp3) is 0.381. The average molecular weight is 402 g/mol. The summed E-state index contributed by atoms with van der Waals surface area (Å²) in [6.07, 6.45) is 4.82. The van der Waals surface area contributed by atoms with E-state index >= 15 is 0 Å². The molecule has 0 spiro atoms. The standard InChI is InChI=1S/C21H23FN2O3S/c1-14-12-17(22)7-9-20(14)28(26,27)23-18-8-6-15-10-11-24(19(15)13-18)21(25)16-4-2-3-5-16/h6-9,12-13,16,23H,2-5,10-11H2,1H3. The van der Waals surface area contributed by atoms with Gasteiger partial charge in [-0.05, 0) is 67.6 Å². The second-order valence-electron chi connectivity index (χ2n) is 7.58. The number of aryl methyl sites for hydroxylation is 1. The summed E-state index contributed by atoms with van der Waals surface area (Å²) in [5.74, 6) is -0.256. The minimum absolute atomic E-state index is 0.0355. The molecule has 148 valence electrons. The van der Waals surface area contributed by atoms with Crippen molar-refractivity contribution in [1.29, 1.82) is 0 Å². The van der Waals surface area contributed by atoms with Crippen molar-refractivity contribution in [2.45, 2.75) is 43.9 Å². The predicted molar refractivity (Wildman–Crippen MR) is 106 cm³/mol. The van der Waals surface area contributed by atoms with Crippen LogP contribution in [0.3, 0.4) is 0 Å². The largest absolute Gasteiger partial charge is 0.312 e. The fourth-order valence-electron chi connectivity index (χ4n) is 4.19. The molecule has 7 heteroatoms. The van der Waals surface area contributed by atoms with Crippen molar-refractivity contribution < 1.29 is 17.6 Å². The minimum Gasteiger partial charge on any atom is -0.312 e. The number of hydrogen-bond acceptors (Lipinski definition) is 3. The number of nitrogens with one attached hydrogen (secondary N) is 1. The molecule has 2 aliphatic rings. The Hall–Kier alpha value is -2.41. The fourth-order valence-corrected chi connectivity index (χ4v) is 5.47. The maximum Gasteiger partial charge on any atom is 0.262 e. The van der Waals surface area contributed by atoms with E-state index in [-0.39, 0.29) is 16.7 Å². The highest BCUT2D eigenvalue weighted by Gasteiger charge is 2.32. The maximum atomic E-state index is 13.3. The first kappa shape index (κ1) is 18.9. The van der Waals surface area contributed by atoms with Crippen molar-refractivity contribution in [2.24, 2.45) is 5.92 Å². The molecule has 5 nitrogen and oxygen atoms in total. The molecule has 0 atom stereocenters. The maximum absolute atomic E-state index is 13.3. The Balaban J connectivity index is 1.60. The van der Waals surface area contributed by atoms with Gasteiger partial charge in [0, 0.05) is 18.2 Å². The zero-order chi connectivity index (χ0) is 19.9. The molecule has 1 amide bonds. The highest BCUT2D eigenvalue weighted by Crippen LogP contribution is 2.35. The van der Waals surface area contributed by atoms with E-state index in [4.69, 9.17) is 0 Å². The molecule has 2 aromatic rings. The van der Waals surface area contributed by atoms with E-state index in [0.717, 1.165) is 49.4 Å². The van der Waals surface area contributed by atoms with Crippen molar-refractivity contribution in [3.8, 4) is 0 Å². The lowest BCUT2D eigenvalue weighted by molar-refractivity contribution is -0.122. The zero-order valence-electron chi connectivity index (χ0n) is 15.7. The van der Waals surface area contributed by atoms with Crippen LogP contribution in [-0.4, -0.2) is 20.9 Å². The molecule has 0 bridgehead atoms. The lowest BCUT2D eigenvalue weighted by atomic mass is 10.1. The zero-order valence-corrected chi connectivity index (χ0v) is 16.6. The van der Waals surface area contributed by atoms with Gasteiger partial charge in [0.2, 0.25) is 5.91 Å². The van der Waals surface area contributed by atoms with Crippen LogP contribution in [-0.2, 0) is 21.2 Å². The molecule has 4 rings (SSSR count). The molecule has 1 fully saturated rings. The van der Waals surface area contributed by atoms with Gasteiger partial charge < -0.3 is 4.90 Å². The third-order valence-corrected chi connectivity index (χ3v) is 7.17. The number of carbonyl (C=O) groups is 1. The molecule has 1 heterocycles. The van der Waals surface area contributed by atoms with Gasteiger partial charge >= 0.3 is 0 Å². The number of benzene rings is 2. The molecule has 0 aromatic heterocycles. The molecular formula is C21H23FN2O3S. The smallest absolute Gasteiger partial charge is 0.262 e. The molecule has 1 aliphatic heterocycles. The minimum atomic E-state index is -3.85. The average Bonchev–Trinajstić information content (AvgIpc) is 3.30. The van der Waals surface area contributed by atoms with E-state index in [9.17, 15) is 17.6 Å². The van der Waals surface area contributed by atoms with Crippen molar-refractivity contribution in [3.63, 3.8) is 0 Å². The number of fused-ring (bicyclic) bond motifs is 1. The Kier molecular flexibility index (Phi) is 4.87. The second-order valence-corrected chi connectivity index (χ2v) is 9.23. The van der Waals surface area contributed by atoms with Crippen molar-refractivity contribution in [1.82, 2.24) is 0 Å². The summed E-state index contributed by atoms with van der Waals surface area (Å²) in [4.78, 5) is 14.7. The van der Waals surface area contributed by atoms with Crippen LogP contribution in [0.1, 0.15) is 36.8 Å². The summed E-state index contributed by atoms with van der Waals surface area (Å²) in [6.45, 7) is 2.19. The Morgan fingerprint density at radius 2 is 1.89 bits per heavy atom. The lowest BCUT2D eigenvalue weighted by Crippen LogP contribution is -2.33. The molecule has 0 unspecified atom stereocenters. The summed E-state index contributed by atoms with van der Waals surface area (Å²) in [7, 11) is -3.85. The van der Waals surface area contributed by atoms with E-state index in [1.165, 1.54) is 12.1 Å². The van der Waals surface area contributed by atoms with Crippen LogP contribution in [0, 0.1) is 18.7 Å². The van der Waals surface area contributed by atoms with Gasteiger partial charge in [0.15, 0.2) is 0 Å². The summed E-state index contributed by atoms with van der Waals surface area (Å²) in [5, 5.41) is 0. The molecular weight excluding hydrogens is 379 g/mol. The monoisotopic (exact) mass is 402 g/mol. The van der Waals surface area contributed by atoms with Gasteiger partial charge in [-0.2, -0.15) is 0 Å². The number of anilines is 2. The normalized spacial score (nSPS) is 17.0. The quantitative estimate of drug-likeness (QED) is 0.840. The van der Waals surface area contributed by atoms with Gasteiger partial charge in [-0.1, -0.05) is 18.9 Å². The van der Waals surface area contributed by atoms with Crippen LogP contribution in [0.2, 0.25) is 0 Å². The number of halogens is 1. The second kappa shape index (κ2) is 7.20. The van der Waals surface area contributed by atoms with Gasteiger partial charge in [-0.15, -0.1) is 0 Å². The van der Waals surface area contributed by atoms with Crippen LogP contribution in [0.25, 0.3) is 0 Å². The van der Waals surface area contributed by atoms with E-state index < -0.39 is 15.8 Å². The first-order valence-electron chi connectivity index (χ1n) is 9.58. The Morgan fingerprint density at radius 1 is 1.14 bits per heavy atom. The number of rotatable bonds is 4. The van der Waals surface area contributed by atoms with Gasteiger partial charge in [-0.25, -0.2) is 12.8 Å². The van der Waals surface area contributed by atoms with Gasteiger partial charge in [0.1, 0.15) is 5.82 Å². The third-order valence-electron chi connectivity index (χ3n) is 5.63. The van der Waals surface area contributed by atoms with Crippen LogP contribution < -0.4 is 9.62 Å². The van der Waals surface area contributed by atoms with E-state index in [1.807, 2.05) is 6.07 Å². The van der Waals surface area contributed by atoms with Crippen molar-refractivity contribution >= 4 is 27.3 Å². The Bertz CT molecular complexity index is 1030. The molecule has 28 heavy (non-hydrogen) atoms. The van der Waals surface area contributed by atoms with Gasteiger partial charge in [0.25, 0.3) is 10.0 Å². The van der Waals surface area contributed by atoms with Crippen molar-refractivity contribution in [3.05, 3.63) is 53.3 Å². The highest BCUT2D eigenvalue weighted by molar-refractivity contribution is 7.92. The Labute approximate surface area is 164 Å². The van der Waals surface area contributed by atoms with E-state index in [1.54, 1.807) is 24.0 Å². The molecule has 2 aromatic carbocycles. The molecule has 1 saturated carbocycles. The van der Waals surface area contributed by atoms with Crippen molar-refractivity contribution in [2.75, 3.05) is 16.2 Å². The molecule has 0 radical (unpaired) electrons. The molecule has 1 aliphatic carbocycles. The van der Waals surface area contributed by atoms with E-state index in [2.05, 4.69) is 4.72 Å². The first-order valence-corrected chi connectivity index (χ1v) is 11.1. The van der Waals surface area contributed by atoms with Crippen LogP contribution in [0.5, 0.6) is 0 Å². The number of sulfonamides is 1. The van der Waals surface area contributed by atoms with E-state index in [0.29, 0.717) is 17.8 Å². The van der Waals surface area contributed by atoms with Crippen LogP contribution in [0.15, 0.2) is 41.3 Å². The number of carbonyl (C=O) groups excluding carboxylic acids is 1. The molecule has 0 saturated heterocycles. The van der Waals surface area contributed by atoms with Gasteiger partial charge in [-0.3, -0.25) is 9.52 Å². The first-order chi connectivity index (χ1) is 13.3. The number of hydrogen-bond donors (Lipinski definition) is 1. The predicted octanol–water partition coefficient (Wildman–Crippen LogP) is 4.01. The SMILES string of the molecule is Cc1cc(F)ccc1S(=O)(=O)Nc1ccc2c(c1)N(C(=O)C1CCCC1)CC2. The molecule has 1 N–H and O–H groups in total. The van der Waals surface area contributed by atoms with Crippen LogP contribution >= 0.6 is 0 Å². The highest BCUT2D eigenvalue weighted by atomic mass is 32.2. The topological polar surface area (TPSA) is 66.5 Å². The summed E-state index contributed by atoms with van der Waals surface area (Å²) in [5.41, 5.74) is 2.57. The lowest BCUT2D eigenvalue weighted by Gasteiger charge is -2.22. The third kappa shape index (κ3) is 3.51.